The third-order valence-corrected chi connectivity index (χ3v) is 5.84. The lowest BCUT2D eigenvalue weighted by molar-refractivity contribution is -0.132. The highest BCUT2D eigenvalue weighted by atomic mass is 35.5. The van der Waals surface area contributed by atoms with Gasteiger partial charge in [-0.25, -0.2) is 9.78 Å². The van der Waals surface area contributed by atoms with Gasteiger partial charge in [-0.05, 0) is 53.6 Å². The Hall–Kier alpha value is -4.30. The summed E-state index contributed by atoms with van der Waals surface area (Å²) in [5, 5.41) is 11.6. The molecule has 0 spiro atoms. The molecule has 1 N–H and O–H groups in total. The third-order valence-electron chi connectivity index (χ3n) is 5.60. The van der Waals surface area contributed by atoms with E-state index in [-0.39, 0.29) is 6.61 Å². The van der Waals surface area contributed by atoms with Crippen LogP contribution in [0.4, 0.5) is 5.69 Å². The number of aliphatic carboxylic acids is 1. The second-order valence-corrected chi connectivity index (χ2v) is 8.67. The molecule has 3 aromatic carbocycles. The molecule has 192 valence electrons. The number of aromatic nitrogens is 1. The number of benzene rings is 3. The number of amides is 1. The van der Waals surface area contributed by atoms with E-state index in [0.717, 1.165) is 44.9 Å². The molecule has 7 nitrogen and oxygen atoms in total. The van der Waals surface area contributed by atoms with E-state index in [9.17, 15) is 9.59 Å². The van der Waals surface area contributed by atoms with Gasteiger partial charge >= 0.3 is 5.97 Å². The molecule has 0 aliphatic carbocycles. The zero-order valence-corrected chi connectivity index (χ0v) is 21.3. The number of carbonyl (C=O) groups is 2. The quantitative estimate of drug-likeness (QED) is 0.190. The van der Waals surface area contributed by atoms with Gasteiger partial charge in [0.25, 0.3) is 5.91 Å². The van der Waals surface area contributed by atoms with Crippen molar-refractivity contribution in [3.05, 3.63) is 119 Å². The number of methoxy groups -OCH3 is 1. The van der Waals surface area contributed by atoms with Crippen molar-refractivity contribution in [2.75, 3.05) is 18.8 Å². The molecule has 0 saturated carbocycles. The van der Waals surface area contributed by atoms with E-state index < -0.39 is 18.0 Å². The summed E-state index contributed by atoms with van der Waals surface area (Å²) < 4.78 is 5.65. The molecule has 1 amide bonds. The van der Waals surface area contributed by atoms with Crippen LogP contribution in [-0.2, 0) is 19.2 Å². The number of nitrogens with zero attached hydrogens (tertiary/aromatic N) is 2. The number of para-hydroxylation sites is 1. The van der Waals surface area contributed by atoms with Gasteiger partial charge in [-0.2, -0.15) is 5.06 Å². The number of anilines is 1. The number of hydrogen-bond acceptors (Lipinski definition) is 5. The fraction of sp³-hybridized carbons (Fsp3) is 0.100. The number of fused-ring (bicyclic) bond motifs is 1. The molecule has 0 radical (unpaired) electrons. The van der Waals surface area contributed by atoms with E-state index in [4.69, 9.17) is 26.3 Å². The molecule has 0 aliphatic heterocycles. The molecule has 4 rings (SSSR count). The predicted molar refractivity (Wildman–Crippen MR) is 149 cm³/mol. The lowest BCUT2D eigenvalue weighted by Crippen LogP contribution is -2.31. The Kier molecular flexibility index (Phi) is 9.00. The molecule has 1 aromatic heterocycles. The van der Waals surface area contributed by atoms with Crippen molar-refractivity contribution in [3.8, 4) is 0 Å². The Bertz CT molecular complexity index is 1490. The number of hydroxylamine groups is 1. The maximum Gasteiger partial charge on any atom is 0.328 e. The van der Waals surface area contributed by atoms with Crippen molar-refractivity contribution in [2.24, 2.45) is 0 Å². The zero-order chi connectivity index (χ0) is 26.9. The van der Waals surface area contributed by atoms with Crippen molar-refractivity contribution in [2.45, 2.75) is 6.10 Å². The molecule has 0 aliphatic rings. The van der Waals surface area contributed by atoms with Crippen molar-refractivity contribution >= 4 is 52.2 Å². The van der Waals surface area contributed by atoms with Crippen LogP contribution >= 0.6 is 11.6 Å². The van der Waals surface area contributed by atoms with Crippen molar-refractivity contribution in [1.82, 2.24) is 4.98 Å². The van der Waals surface area contributed by atoms with Crippen LogP contribution in [0.15, 0.2) is 97.1 Å². The smallest absolute Gasteiger partial charge is 0.328 e. The summed E-state index contributed by atoms with van der Waals surface area (Å²) in [5.41, 5.74) is 3.85. The predicted octanol–water partition coefficient (Wildman–Crippen LogP) is 6.35. The molecule has 1 heterocycles. The Balaban J connectivity index is 1.50. The second kappa shape index (κ2) is 12.8. The average Bonchev–Trinajstić information content (AvgIpc) is 2.93. The van der Waals surface area contributed by atoms with E-state index in [1.165, 1.54) is 0 Å². The second-order valence-electron chi connectivity index (χ2n) is 8.24. The molecule has 0 bridgehead atoms. The van der Waals surface area contributed by atoms with Gasteiger partial charge in [-0.3, -0.25) is 9.63 Å². The van der Waals surface area contributed by atoms with Gasteiger partial charge in [-0.1, -0.05) is 66.2 Å². The first-order valence-electron chi connectivity index (χ1n) is 11.7. The molecule has 0 fully saturated rings. The lowest BCUT2D eigenvalue weighted by atomic mass is 10.1. The highest BCUT2D eigenvalue weighted by Crippen LogP contribution is 2.23. The van der Waals surface area contributed by atoms with Gasteiger partial charge < -0.3 is 9.84 Å². The minimum Gasteiger partial charge on any atom is -0.478 e. The van der Waals surface area contributed by atoms with E-state index in [1.54, 1.807) is 37.4 Å². The molecular weight excluding hydrogens is 504 g/mol. The Labute approximate surface area is 225 Å². The Morgan fingerprint density at radius 1 is 0.974 bits per heavy atom. The summed E-state index contributed by atoms with van der Waals surface area (Å²) in [6, 6.07) is 26.0. The largest absolute Gasteiger partial charge is 0.478 e. The van der Waals surface area contributed by atoms with E-state index in [1.807, 2.05) is 66.7 Å². The monoisotopic (exact) mass is 528 g/mol. The number of rotatable bonds is 10. The van der Waals surface area contributed by atoms with Crippen LogP contribution in [0, 0.1) is 0 Å². The van der Waals surface area contributed by atoms with Gasteiger partial charge in [0.2, 0.25) is 0 Å². The summed E-state index contributed by atoms with van der Waals surface area (Å²) in [4.78, 5) is 34.0. The molecule has 1 atom stereocenters. The summed E-state index contributed by atoms with van der Waals surface area (Å²) in [6.45, 7) is 0.0121. The number of carboxylic acid groups (broad SMARTS) is 1. The van der Waals surface area contributed by atoms with Gasteiger partial charge in [0.05, 0.1) is 16.9 Å². The first-order chi connectivity index (χ1) is 18.4. The van der Waals surface area contributed by atoms with Crippen LogP contribution < -0.4 is 5.06 Å². The van der Waals surface area contributed by atoms with Crippen LogP contribution in [0.2, 0.25) is 5.02 Å². The fourth-order valence-corrected chi connectivity index (χ4v) is 3.89. The van der Waals surface area contributed by atoms with E-state index in [2.05, 4.69) is 4.98 Å². The number of carboxylic acids is 1. The van der Waals surface area contributed by atoms with Gasteiger partial charge in [0.1, 0.15) is 12.7 Å². The van der Waals surface area contributed by atoms with Crippen LogP contribution in [0.3, 0.4) is 0 Å². The molecule has 0 saturated heterocycles. The van der Waals surface area contributed by atoms with Crippen LogP contribution in [-0.4, -0.2) is 35.7 Å². The minimum atomic E-state index is -1.23. The van der Waals surface area contributed by atoms with E-state index in [0.29, 0.717) is 10.7 Å². The van der Waals surface area contributed by atoms with E-state index >= 15 is 0 Å². The zero-order valence-electron chi connectivity index (χ0n) is 20.5. The maximum absolute atomic E-state index is 12.6. The normalized spacial score (nSPS) is 12.3. The summed E-state index contributed by atoms with van der Waals surface area (Å²) in [5.74, 6) is -1.86. The lowest BCUT2D eigenvalue weighted by Gasteiger charge is -2.24. The third kappa shape index (κ3) is 7.14. The molecule has 38 heavy (non-hydrogen) atoms. The molecule has 8 heteroatoms. The number of hydrogen-bond donors (Lipinski definition) is 1. The van der Waals surface area contributed by atoms with Gasteiger partial charge in [-0.15, -0.1) is 0 Å². The van der Waals surface area contributed by atoms with Crippen molar-refractivity contribution in [1.29, 1.82) is 0 Å². The maximum atomic E-state index is 12.6. The van der Waals surface area contributed by atoms with Gasteiger partial charge in [0.15, 0.2) is 0 Å². The van der Waals surface area contributed by atoms with Crippen LogP contribution in [0.5, 0.6) is 0 Å². The highest BCUT2D eigenvalue weighted by molar-refractivity contribution is 6.31. The van der Waals surface area contributed by atoms with Crippen molar-refractivity contribution in [3.63, 3.8) is 0 Å². The topological polar surface area (TPSA) is 89.0 Å². The number of ether oxygens (including phenoxy) is 1. The van der Waals surface area contributed by atoms with Crippen molar-refractivity contribution < 1.29 is 24.3 Å². The number of carbonyl (C=O) groups excluding carboxylic acids is 1. The number of halogens is 1. The molecule has 1 unspecified atom stereocenters. The summed E-state index contributed by atoms with van der Waals surface area (Å²) >= 11 is 6.10. The molecule has 4 aromatic rings. The summed E-state index contributed by atoms with van der Waals surface area (Å²) in [6.07, 6.45) is 5.09. The SMILES string of the molecule is COC(CON(C(=O)C=CC(=O)O)c1ccccc1)c1cccc(/C=C/c2ccc3ccc(Cl)cc3n2)c1. The Morgan fingerprint density at radius 3 is 2.53 bits per heavy atom. The standard InChI is InChI=1S/C30H25ClN2O5/c1-37-28(20-38-33(26-8-3-2-4-9-26)29(34)16-17-30(35)36)23-7-5-6-21(18-23)10-14-25-15-12-22-11-13-24(31)19-27(22)32-25/h2-19,28H,20H2,1H3,(H,35,36)/b14-10+,17-16?. The highest BCUT2D eigenvalue weighted by Gasteiger charge is 2.19. The number of pyridine rings is 1. The fourth-order valence-electron chi connectivity index (χ4n) is 3.73. The first-order valence-corrected chi connectivity index (χ1v) is 12.1. The average molecular weight is 529 g/mol. The first kappa shape index (κ1) is 26.8. The minimum absolute atomic E-state index is 0.0121. The van der Waals surface area contributed by atoms with Gasteiger partial charge in [0, 0.05) is 29.7 Å². The Morgan fingerprint density at radius 2 is 1.76 bits per heavy atom. The molecular formula is C30H25ClN2O5. The van der Waals surface area contributed by atoms with Crippen LogP contribution in [0.25, 0.3) is 23.1 Å². The van der Waals surface area contributed by atoms with Crippen LogP contribution in [0.1, 0.15) is 22.9 Å². The summed E-state index contributed by atoms with van der Waals surface area (Å²) in [7, 11) is 1.56.